The van der Waals surface area contributed by atoms with Gasteiger partial charge in [0.05, 0.1) is 37.6 Å². The average molecular weight is 582 g/mol. The summed E-state index contributed by atoms with van der Waals surface area (Å²) in [6, 6.07) is 16.5. The van der Waals surface area contributed by atoms with Crippen LogP contribution >= 0.6 is 11.8 Å². The van der Waals surface area contributed by atoms with E-state index in [1.165, 1.54) is 45.2 Å². The second kappa shape index (κ2) is 12.3. The van der Waals surface area contributed by atoms with Crippen molar-refractivity contribution in [2.45, 2.75) is 18.2 Å². The molecule has 0 aromatic heterocycles. The highest BCUT2D eigenvalue weighted by atomic mass is 32.2. The predicted octanol–water partition coefficient (Wildman–Crippen LogP) is 4.15. The Kier molecular flexibility index (Phi) is 8.80. The smallest absolute Gasteiger partial charge is 0.286 e. The van der Waals surface area contributed by atoms with Gasteiger partial charge in [0.25, 0.3) is 15.9 Å². The number of nitrogens with one attached hydrogen (secondary N) is 2. The van der Waals surface area contributed by atoms with E-state index in [1.807, 2.05) is 6.92 Å². The lowest BCUT2D eigenvalue weighted by Gasteiger charge is -2.13. The molecule has 12 heteroatoms. The molecule has 3 aromatic rings. The average Bonchev–Trinajstić information content (AvgIpc) is 3.26. The van der Waals surface area contributed by atoms with Gasteiger partial charge in [-0.3, -0.25) is 9.59 Å². The summed E-state index contributed by atoms with van der Waals surface area (Å²) in [5, 5.41) is 3.47. The number of carbonyl (C=O) groups excluding carboxylic acids is 2. The van der Waals surface area contributed by atoms with Gasteiger partial charge in [0.1, 0.15) is 0 Å². The minimum absolute atomic E-state index is 0.0223. The molecule has 1 heterocycles. The molecule has 0 spiro atoms. The monoisotopic (exact) mass is 581 g/mol. The highest BCUT2D eigenvalue weighted by molar-refractivity contribution is 8.18. The molecule has 4 rings (SSSR count). The number of thioether (sulfide) groups is 1. The van der Waals surface area contributed by atoms with Crippen molar-refractivity contribution >= 4 is 50.5 Å². The molecule has 3 aromatic carbocycles. The molecular formula is C28H27N3O7S2. The van der Waals surface area contributed by atoms with E-state index in [2.05, 4.69) is 15.0 Å². The van der Waals surface area contributed by atoms with Crippen LogP contribution in [0, 0.1) is 6.92 Å². The quantitative estimate of drug-likeness (QED) is 0.358. The third-order valence-corrected chi connectivity index (χ3v) is 8.04. The van der Waals surface area contributed by atoms with E-state index in [0.29, 0.717) is 44.1 Å². The summed E-state index contributed by atoms with van der Waals surface area (Å²) in [6.07, 6.45) is 1.56. The molecule has 208 valence electrons. The Hall–Kier alpha value is -4.29. The molecule has 0 unspecified atom stereocenters. The lowest BCUT2D eigenvalue weighted by atomic mass is 10.1. The number of aliphatic imine (C=N–C) groups is 1. The Morgan fingerprint density at radius 3 is 2.15 bits per heavy atom. The number of rotatable bonds is 9. The minimum atomic E-state index is -3.95. The first kappa shape index (κ1) is 28.7. The number of anilines is 1. The van der Waals surface area contributed by atoms with Gasteiger partial charge >= 0.3 is 0 Å². The van der Waals surface area contributed by atoms with Crippen LogP contribution in [-0.2, 0) is 26.0 Å². The number of ether oxygens (including phenoxy) is 3. The maximum atomic E-state index is 12.5. The number of sulfonamides is 1. The van der Waals surface area contributed by atoms with E-state index >= 15 is 0 Å². The molecule has 1 aliphatic rings. The van der Waals surface area contributed by atoms with Crippen LogP contribution in [0.3, 0.4) is 0 Å². The molecule has 2 N–H and O–H groups in total. The summed E-state index contributed by atoms with van der Waals surface area (Å²) in [6.45, 7) is 1.84. The zero-order chi connectivity index (χ0) is 28.9. The standard InChI is InChI=1S/C28H27N3O7S2/c1-17-5-11-21(12-6-17)40(34,35)31-25(32)16-18-7-9-20(10-8-18)29-28-30-27(33)24(39-28)15-19-13-22(36-2)26(38-4)23(14-19)37-3/h5-15H,16H2,1-4H3,(H,31,32)(H,29,30,33)/b24-15-. The molecule has 0 atom stereocenters. The molecule has 0 radical (unpaired) electrons. The number of benzene rings is 3. The Balaban J connectivity index is 1.38. The van der Waals surface area contributed by atoms with Gasteiger partial charge in [0.2, 0.25) is 11.7 Å². The molecule has 2 amide bonds. The molecule has 0 saturated heterocycles. The zero-order valence-electron chi connectivity index (χ0n) is 22.2. The molecule has 0 bridgehead atoms. The summed E-state index contributed by atoms with van der Waals surface area (Å²) < 4.78 is 43.1. The van der Waals surface area contributed by atoms with Gasteiger partial charge in [-0.15, -0.1) is 0 Å². The summed E-state index contributed by atoms with van der Waals surface area (Å²) in [5.74, 6) is 0.327. The van der Waals surface area contributed by atoms with Crippen molar-refractivity contribution in [2.24, 2.45) is 4.99 Å². The maximum absolute atomic E-state index is 12.5. The Labute approximate surface area is 236 Å². The Morgan fingerprint density at radius 1 is 0.950 bits per heavy atom. The number of aryl methyl sites for hydroxylation is 1. The van der Waals surface area contributed by atoms with Gasteiger partial charge in [-0.1, -0.05) is 29.8 Å². The van der Waals surface area contributed by atoms with Crippen LogP contribution in [-0.4, -0.2) is 46.7 Å². The van der Waals surface area contributed by atoms with Gasteiger partial charge in [0, 0.05) is 5.69 Å². The first-order valence-corrected chi connectivity index (χ1v) is 14.2. The molecule has 0 saturated carbocycles. The van der Waals surface area contributed by atoms with Crippen molar-refractivity contribution in [1.82, 2.24) is 4.72 Å². The second-order valence-electron chi connectivity index (χ2n) is 8.63. The maximum Gasteiger partial charge on any atom is 0.286 e. The third kappa shape index (κ3) is 6.82. The van der Waals surface area contributed by atoms with Crippen molar-refractivity contribution in [3.8, 4) is 17.2 Å². The first-order valence-electron chi connectivity index (χ1n) is 11.9. The lowest BCUT2D eigenvalue weighted by molar-refractivity contribution is -0.118. The van der Waals surface area contributed by atoms with E-state index in [4.69, 9.17) is 14.2 Å². The summed E-state index contributed by atoms with van der Waals surface area (Å²) in [7, 11) is 0.588. The van der Waals surface area contributed by atoms with Crippen LogP contribution < -0.4 is 24.2 Å². The predicted molar refractivity (Wildman–Crippen MR) is 154 cm³/mol. The fraction of sp³-hybridized carbons (Fsp3) is 0.179. The zero-order valence-corrected chi connectivity index (χ0v) is 23.8. The molecular weight excluding hydrogens is 554 g/mol. The van der Waals surface area contributed by atoms with E-state index in [1.54, 1.807) is 54.6 Å². The van der Waals surface area contributed by atoms with Crippen LogP contribution in [0.2, 0.25) is 0 Å². The van der Waals surface area contributed by atoms with Gasteiger partial charge in [-0.05, 0) is 72.3 Å². The fourth-order valence-corrected chi connectivity index (χ4v) is 5.59. The molecule has 0 aliphatic carbocycles. The number of carbonyl (C=O) groups is 2. The number of amidine groups is 1. The van der Waals surface area contributed by atoms with E-state index in [0.717, 1.165) is 5.56 Å². The second-order valence-corrected chi connectivity index (χ2v) is 11.3. The SMILES string of the molecule is COc1cc(/C=C2\SC(Nc3ccc(CC(=O)NS(=O)(=O)c4ccc(C)cc4)cc3)=NC2=O)cc(OC)c1OC. The topological polar surface area (TPSA) is 132 Å². The van der Waals surface area contributed by atoms with Gasteiger partial charge < -0.3 is 19.5 Å². The molecule has 40 heavy (non-hydrogen) atoms. The van der Waals surface area contributed by atoms with Crippen LogP contribution in [0.15, 0.2) is 75.5 Å². The van der Waals surface area contributed by atoms with E-state index in [-0.39, 0.29) is 11.3 Å². The highest BCUT2D eigenvalue weighted by Crippen LogP contribution is 2.39. The van der Waals surface area contributed by atoms with Crippen molar-refractivity contribution in [1.29, 1.82) is 0 Å². The van der Waals surface area contributed by atoms with Crippen molar-refractivity contribution < 1.29 is 32.2 Å². The Morgan fingerprint density at radius 2 is 1.57 bits per heavy atom. The molecule has 10 nitrogen and oxygen atoms in total. The third-order valence-electron chi connectivity index (χ3n) is 5.75. The van der Waals surface area contributed by atoms with Crippen molar-refractivity contribution in [3.63, 3.8) is 0 Å². The van der Waals surface area contributed by atoms with Crippen LogP contribution in [0.25, 0.3) is 6.08 Å². The summed E-state index contributed by atoms with van der Waals surface area (Å²) in [5.41, 5.74) is 2.84. The fourth-order valence-electron chi connectivity index (χ4n) is 3.78. The van der Waals surface area contributed by atoms with Crippen molar-refractivity contribution in [3.05, 3.63) is 82.3 Å². The number of nitrogens with zero attached hydrogens (tertiary/aromatic N) is 1. The van der Waals surface area contributed by atoms with Gasteiger partial charge in [-0.2, -0.15) is 4.99 Å². The summed E-state index contributed by atoms with van der Waals surface area (Å²) in [4.78, 5) is 29.4. The summed E-state index contributed by atoms with van der Waals surface area (Å²) >= 11 is 1.17. The van der Waals surface area contributed by atoms with Gasteiger partial charge in [0.15, 0.2) is 16.7 Å². The van der Waals surface area contributed by atoms with Crippen LogP contribution in [0.4, 0.5) is 5.69 Å². The molecule has 0 fully saturated rings. The normalized spacial score (nSPS) is 14.1. The number of amides is 2. The van der Waals surface area contributed by atoms with Crippen molar-refractivity contribution in [2.75, 3.05) is 26.6 Å². The van der Waals surface area contributed by atoms with E-state index < -0.39 is 21.8 Å². The largest absolute Gasteiger partial charge is 0.493 e. The first-order chi connectivity index (χ1) is 19.1. The highest BCUT2D eigenvalue weighted by Gasteiger charge is 2.23. The van der Waals surface area contributed by atoms with E-state index in [9.17, 15) is 18.0 Å². The minimum Gasteiger partial charge on any atom is -0.493 e. The number of methoxy groups -OCH3 is 3. The lowest BCUT2D eigenvalue weighted by Crippen LogP contribution is -2.31. The van der Waals surface area contributed by atoms with Gasteiger partial charge in [-0.25, -0.2) is 13.1 Å². The Bertz CT molecular complexity index is 1570. The van der Waals surface area contributed by atoms with Crippen LogP contribution in [0.1, 0.15) is 16.7 Å². The number of hydrogen-bond donors (Lipinski definition) is 2. The van der Waals surface area contributed by atoms with Crippen LogP contribution in [0.5, 0.6) is 17.2 Å². The number of hydrogen-bond acceptors (Lipinski definition) is 9. The molecule has 1 aliphatic heterocycles.